The molecule has 3 nitrogen and oxygen atoms in total. The molecule has 1 aromatic carbocycles. The number of hydrogen-bond donors (Lipinski definition) is 1. The molecular formula is C15H24N2O. The Balaban J connectivity index is 2.50. The summed E-state index contributed by atoms with van der Waals surface area (Å²) in [6, 6.07) is 8.18. The first-order valence-corrected chi connectivity index (χ1v) is 6.57. The summed E-state index contributed by atoms with van der Waals surface area (Å²) in [7, 11) is 4.16. The van der Waals surface area contributed by atoms with E-state index in [4.69, 9.17) is 0 Å². The molecule has 0 fully saturated rings. The summed E-state index contributed by atoms with van der Waals surface area (Å²) in [5, 5.41) is 3.44. The van der Waals surface area contributed by atoms with E-state index in [9.17, 15) is 4.79 Å². The highest BCUT2D eigenvalue weighted by atomic mass is 16.1. The molecular weight excluding hydrogens is 224 g/mol. The van der Waals surface area contributed by atoms with Gasteiger partial charge in [-0.15, -0.1) is 0 Å². The fourth-order valence-corrected chi connectivity index (χ4v) is 1.77. The maximum Gasteiger partial charge on any atom is 0.162 e. The van der Waals surface area contributed by atoms with Crippen LogP contribution < -0.4 is 5.32 Å². The van der Waals surface area contributed by atoms with E-state index in [0.717, 1.165) is 24.2 Å². The summed E-state index contributed by atoms with van der Waals surface area (Å²) >= 11 is 0. The quantitative estimate of drug-likeness (QED) is 0.753. The summed E-state index contributed by atoms with van der Waals surface area (Å²) in [6.45, 7) is 5.13. The van der Waals surface area contributed by atoms with Crippen molar-refractivity contribution in [2.75, 3.05) is 26.0 Å². The standard InChI is InChI=1S/C15H24N2O/c1-5-15(18)13-6-8-14(9-7-13)16-12(2)10-11-17(3)4/h6-9,12,16H,5,10-11H2,1-4H3. The molecule has 1 rings (SSSR count). The molecule has 3 heteroatoms. The van der Waals surface area contributed by atoms with Gasteiger partial charge in [0.15, 0.2) is 5.78 Å². The van der Waals surface area contributed by atoms with Gasteiger partial charge in [0, 0.05) is 23.7 Å². The Morgan fingerprint density at radius 2 is 1.89 bits per heavy atom. The fourth-order valence-electron chi connectivity index (χ4n) is 1.77. The van der Waals surface area contributed by atoms with Crippen molar-refractivity contribution < 1.29 is 4.79 Å². The van der Waals surface area contributed by atoms with Gasteiger partial charge in [-0.25, -0.2) is 0 Å². The zero-order valence-electron chi connectivity index (χ0n) is 11.9. The van der Waals surface area contributed by atoms with Crippen LogP contribution in [0, 0.1) is 0 Å². The number of benzene rings is 1. The van der Waals surface area contributed by atoms with E-state index in [1.54, 1.807) is 0 Å². The van der Waals surface area contributed by atoms with Crippen LogP contribution >= 0.6 is 0 Å². The first-order valence-electron chi connectivity index (χ1n) is 6.57. The van der Waals surface area contributed by atoms with Gasteiger partial charge in [0.05, 0.1) is 0 Å². The molecule has 0 radical (unpaired) electrons. The largest absolute Gasteiger partial charge is 0.383 e. The molecule has 0 aliphatic heterocycles. The molecule has 1 unspecified atom stereocenters. The molecule has 0 bridgehead atoms. The number of anilines is 1. The van der Waals surface area contributed by atoms with Gasteiger partial charge in [-0.3, -0.25) is 4.79 Å². The van der Waals surface area contributed by atoms with E-state index in [0.29, 0.717) is 12.5 Å². The molecule has 0 saturated carbocycles. The molecule has 0 aliphatic rings. The minimum atomic E-state index is 0.196. The number of carbonyl (C=O) groups is 1. The number of hydrogen-bond acceptors (Lipinski definition) is 3. The number of Topliss-reactive ketones (excluding diaryl/α,β-unsaturated/α-hetero) is 1. The van der Waals surface area contributed by atoms with Gasteiger partial charge < -0.3 is 10.2 Å². The third kappa shape index (κ3) is 4.88. The van der Waals surface area contributed by atoms with Crippen LogP contribution in [0.4, 0.5) is 5.69 Å². The SMILES string of the molecule is CCC(=O)c1ccc(NC(C)CCN(C)C)cc1. The molecule has 0 saturated heterocycles. The third-order valence-corrected chi connectivity index (χ3v) is 2.95. The Kier molecular flexibility index (Phi) is 5.86. The average molecular weight is 248 g/mol. The summed E-state index contributed by atoms with van der Waals surface area (Å²) in [6.07, 6.45) is 1.66. The van der Waals surface area contributed by atoms with Crippen molar-refractivity contribution in [2.24, 2.45) is 0 Å². The summed E-state index contributed by atoms with van der Waals surface area (Å²) in [5.41, 5.74) is 1.87. The molecule has 0 spiro atoms. The predicted octanol–water partition coefficient (Wildman–Crippen LogP) is 3.03. The van der Waals surface area contributed by atoms with Crippen LogP contribution in [0.5, 0.6) is 0 Å². The molecule has 0 aromatic heterocycles. The van der Waals surface area contributed by atoms with Gasteiger partial charge >= 0.3 is 0 Å². The van der Waals surface area contributed by atoms with Crippen molar-refractivity contribution in [3.8, 4) is 0 Å². The van der Waals surface area contributed by atoms with Gasteiger partial charge in [0.25, 0.3) is 0 Å². The van der Waals surface area contributed by atoms with Crippen molar-refractivity contribution in [2.45, 2.75) is 32.7 Å². The van der Waals surface area contributed by atoms with E-state index in [1.165, 1.54) is 0 Å². The van der Waals surface area contributed by atoms with Gasteiger partial charge in [-0.1, -0.05) is 6.92 Å². The van der Waals surface area contributed by atoms with E-state index in [1.807, 2.05) is 31.2 Å². The van der Waals surface area contributed by atoms with Gasteiger partial charge in [-0.2, -0.15) is 0 Å². The van der Waals surface area contributed by atoms with Crippen LogP contribution in [0.1, 0.15) is 37.0 Å². The minimum absolute atomic E-state index is 0.196. The lowest BCUT2D eigenvalue weighted by Gasteiger charge is -2.17. The Morgan fingerprint density at radius 1 is 1.28 bits per heavy atom. The number of carbonyl (C=O) groups excluding carboxylic acids is 1. The topological polar surface area (TPSA) is 32.3 Å². The van der Waals surface area contributed by atoms with Crippen molar-refractivity contribution in [1.29, 1.82) is 0 Å². The van der Waals surface area contributed by atoms with Crippen molar-refractivity contribution in [3.63, 3.8) is 0 Å². The molecule has 1 aromatic rings. The summed E-state index contributed by atoms with van der Waals surface area (Å²) < 4.78 is 0. The lowest BCUT2D eigenvalue weighted by atomic mass is 10.1. The average Bonchev–Trinajstić information content (AvgIpc) is 2.36. The second-order valence-electron chi connectivity index (χ2n) is 4.99. The molecule has 100 valence electrons. The zero-order chi connectivity index (χ0) is 13.5. The second-order valence-corrected chi connectivity index (χ2v) is 4.99. The molecule has 18 heavy (non-hydrogen) atoms. The highest BCUT2D eigenvalue weighted by Crippen LogP contribution is 2.13. The van der Waals surface area contributed by atoms with Crippen LogP contribution in [0.15, 0.2) is 24.3 Å². The van der Waals surface area contributed by atoms with E-state index in [2.05, 4.69) is 31.2 Å². The smallest absolute Gasteiger partial charge is 0.162 e. The zero-order valence-corrected chi connectivity index (χ0v) is 11.9. The Hall–Kier alpha value is -1.35. The number of nitrogens with zero attached hydrogens (tertiary/aromatic N) is 1. The first kappa shape index (κ1) is 14.7. The molecule has 0 aliphatic carbocycles. The predicted molar refractivity (Wildman–Crippen MR) is 77.3 cm³/mol. The normalized spacial score (nSPS) is 12.5. The molecule has 0 amide bonds. The van der Waals surface area contributed by atoms with Gasteiger partial charge in [0.1, 0.15) is 0 Å². The maximum absolute atomic E-state index is 11.5. The monoisotopic (exact) mass is 248 g/mol. The highest BCUT2D eigenvalue weighted by molar-refractivity contribution is 5.96. The van der Waals surface area contributed by atoms with E-state index < -0.39 is 0 Å². The number of ketones is 1. The summed E-state index contributed by atoms with van der Waals surface area (Å²) in [5.74, 6) is 0.196. The van der Waals surface area contributed by atoms with Crippen LogP contribution in [-0.4, -0.2) is 37.4 Å². The molecule has 1 N–H and O–H groups in total. The highest BCUT2D eigenvalue weighted by Gasteiger charge is 2.05. The Bertz CT molecular complexity index is 371. The Morgan fingerprint density at radius 3 is 2.39 bits per heavy atom. The van der Waals surface area contributed by atoms with E-state index in [-0.39, 0.29) is 5.78 Å². The molecule has 1 atom stereocenters. The van der Waals surface area contributed by atoms with Gasteiger partial charge in [0.2, 0.25) is 0 Å². The van der Waals surface area contributed by atoms with Gasteiger partial charge in [-0.05, 0) is 58.3 Å². The van der Waals surface area contributed by atoms with Crippen LogP contribution in [0.25, 0.3) is 0 Å². The number of rotatable bonds is 7. The minimum Gasteiger partial charge on any atom is -0.383 e. The van der Waals surface area contributed by atoms with Crippen molar-refractivity contribution >= 4 is 11.5 Å². The third-order valence-electron chi connectivity index (χ3n) is 2.95. The van der Waals surface area contributed by atoms with Crippen LogP contribution in [0.2, 0.25) is 0 Å². The molecule has 0 heterocycles. The first-order chi connectivity index (χ1) is 8.52. The van der Waals surface area contributed by atoms with E-state index >= 15 is 0 Å². The fraction of sp³-hybridized carbons (Fsp3) is 0.533. The lowest BCUT2D eigenvalue weighted by Crippen LogP contribution is -2.22. The Labute approximate surface area is 110 Å². The summed E-state index contributed by atoms with van der Waals surface area (Å²) in [4.78, 5) is 13.7. The number of nitrogens with one attached hydrogen (secondary N) is 1. The van der Waals surface area contributed by atoms with Crippen LogP contribution in [0.3, 0.4) is 0 Å². The second kappa shape index (κ2) is 7.17. The lowest BCUT2D eigenvalue weighted by molar-refractivity contribution is 0.0988. The van der Waals surface area contributed by atoms with Crippen LogP contribution in [-0.2, 0) is 0 Å². The van der Waals surface area contributed by atoms with Crippen molar-refractivity contribution in [1.82, 2.24) is 4.90 Å². The van der Waals surface area contributed by atoms with Crippen molar-refractivity contribution in [3.05, 3.63) is 29.8 Å². The maximum atomic E-state index is 11.5.